The van der Waals surface area contributed by atoms with Gasteiger partial charge >= 0.3 is 0 Å². The minimum Gasteiger partial charge on any atom is -0.337 e. The molecule has 0 fully saturated rings. The molecule has 0 aliphatic heterocycles. The topological polar surface area (TPSA) is 43.1 Å². The summed E-state index contributed by atoms with van der Waals surface area (Å²) in [5.41, 5.74) is 5.05. The number of imidazole rings is 1. The molecule has 4 aromatic rings. The van der Waals surface area contributed by atoms with E-state index in [-0.39, 0.29) is 5.92 Å². The summed E-state index contributed by atoms with van der Waals surface area (Å²) < 4.78 is 1.97. The van der Waals surface area contributed by atoms with Crippen molar-refractivity contribution < 1.29 is 0 Å². The summed E-state index contributed by atoms with van der Waals surface area (Å²) >= 11 is 13.4. The number of rotatable bonds is 6. The summed E-state index contributed by atoms with van der Waals surface area (Å²) in [6.07, 6.45) is 9.15. The molecule has 0 amide bonds. The van der Waals surface area contributed by atoms with Gasteiger partial charge < -0.3 is 4.57 Å². The molecule has 4 rings (SSSR count). The second-order valence-electron chi connectivity index (χ2n) is 7.39. The van der Waals surface area contributed by atoms with Crippen LogP contribution < -0.4 is 0 Å². The number of hydrogen-bond donors (Lipinski definition) is 0. The summed E-state index contributed by atoms with van der Waals surface area (Å²) in [5.74, 6) is -0.194. The quantitative estimate of drug-likeness (QED) is 0.225. The summed E-state index contributed by atoms with van der Waals surface area (Å²) in [6, 6.07) is 15.8. The van der Waals surface area contributed by atoms with Crippen LogP contribution in [0.2, 0.25) is 10.2 Å². The fourth-order valence-electron chi connectivity index (χ4n) is 3.72. The first-order chi connectivity index (χ1) is 15.5. The Morgan fingerprint density at radius 3 is 2.62 bits per heavy atom. The number of pyridine rings is 1. The van der Waals surface area contributed by atoms with Gasteiger partial charge in [0.25, 0.3) is 0 Å². The van der Waals surface area contributed by atoms with Crippen LogP contribution in [-0.4, -0.2) is 20.7 Å². The molecule has 6 heteroatoms. The highest BCUT2D eigenvalue weighted by atomic mass is 35.5. The Balaban J connectivity index is 1.90. The van der Waals surface area contributed by atoms with Crippen LogP contribution in [0.3, 0.4) is 0 Å². The Bertz CT molecular complexity index is 1340. The first-order valence-corrected chi connectivity index (χ1v) is 10.9. The van der Waals surface area contributed by atoms with Crippen molar-refractivity contribution in [2.45, 2.75) is 12.8 Å². The molecule has 2 heterocycles. The zero-order chi connectivity index (χ0) is 22.7. The number of aromatic nitrogens is 3. The minimum absolute atomic E-state index is 0.194. The van der Waals surface area contributed by atoms with Crippen molar-refractivity contribution >= 4 is 40.3 Å². The molecule has 2 aromatic carbocycles. The highest BCUT2D eigenvalue weighted by Gasteiger charge is 2.22. The van der Waals surface area contributed by atoms with Crippen molar-refractivity contribution in [3.8, 4) is 11.1 Å². The van der Waals surface area contributed by atoms with Crippen molar-refractivity contribution in [1.29, 1.82) is 0 Å². The summed E-state index contributed by atoms with van der Waals surface area (Å²) in [4.78, 5) is 13.4. The van der Waals surface area contributed by atoms with E-state index in [1.807, 2.05) is 85.4 Å². The molecule has 0 radical (unpaired) electrons. The van der Waals surface area contributed by atoms with Gasteiger partial charge in [0.05, 0.1) is 28.5 Å². The zero-order valence-electron chi connectivity index (χ0n) is 17.8. The molecular weight excluding hydrogens is 439 g/mol. The molecule has 0 saturated carbocycles. The van der Waals surface area contributed by atoms with E-state index in [2.05, 4.69) is 21.5 Å². The smallest absolute Gasteiger partial charge is 0.139 e. The molecule has 0 aliphatic carbocycles. The van der Waals surface area contributed by atoms with E-state index < -0.39 is 0 Å². The monoisotopic (exact) mass is 460 g/mol. The van der Waals surface area contributed by atoms with E-state index in [1.165, 1.54) is 0 Å². The Morgan fingerprint density at radius 2 is 1.94 bits per heavy atom. The second-order valence-corrected chi connectivity index (χ2v) is 8.13. The maximum absolute atomic E-state index is 6.89. The van der Waals surface area contributed by atoms with Crippen molar-refractivity contribution in [3.05, 3.63) is 107 Å². The van der Waals surface area contributed by atoms with Gasteiger partial charge in [0.15, 0.2) is 0 Å². The van der Waals surface area contributed by atoms with Gasteiger partial charge in [-0.3, -0.25) is 4.99 Å². The van der Waals surface area contributed by atoms with Gasteiger partial charge in [-0.25, -0.2) is 9.97 Å². The molecule has 4 nitrogen and oxygen atoms in total. The third kappa shape index (κ3) is 4.24. The van der Waals surface area contributed by atoms with E-state index >= 15 is 0 Å². The van der Waals surface area contributed by atoms with Crippen LogP contribution in [0.15, 0.2) is 90.5 Å². The average Bonchev–Trinajstić information content (AvgIpc) is 3.20. The SMILES string of the molecule is C=C(/N=C\C=C/C)C(c1ccc2nc(Cl)c(-c3ccccc3)c(Cl)c2c1)c1cncn1C. The first-order valence-electron chi connectivity index (χ1n) is 10.2. The molecule has 160 valence electrons. The number of aliphatic imine (C=N–C) groups is 1. The lowest BCUT2D eigenvalue weighted by Gasteiger charge is -2.19. The standard InChI is InChI=1S/C26H22Cl2N4/c1-4-5-13-30-17(2)23(22-15-29-16-32(22)3)19-11-12-21-20(14-19)25(27)24(26(28)31-21)18-9-7-6-8-10-18/h4-16,23H,2H2,1,3H3/b5-4-,30-13-. The molecule has 0 spiro atoms. The molecule has 0 bridgehead atoms. The van der Waals surface area contributed by atoms with Crippen LogP contribution in [0.4, 0.5) is 0 Å². The summed E-state index contributed by atoms with van der Waals surface area (Å²) in [5, 5.41) is 1.77. The fourth-order valence-corrected chi connectivity index (χ4v) is 4.42. The number of halogens is 2. The Labute approximate surface area is 197 Å². The second kappa shape index (κ2) is 9.51. The van der Waals surface area contributed by atoms with Gasteiger partial charge in [-0.05, 0) is 36.3 Å². The van der Waals surface area contributed by atoms with Crippen molar-refractivity contribution in [3.63, 3.8) is 0 Å². The first kappa shape index (κ1) is 22.0. The number of hydrogen-bond acceptors (Lipinski definition) is 3. The lowest BCUT2D eigenvalue weighted by atomic mass is 9.91. The van der Waals surface area contributed by atoms with Gasteiger partial charge in [0, 0.05) is 36.1 Å². The number of aryl methyl sites for hydroxylation is 1. The van der Waals surface area contributed by atoms with Gasteiger partial charge in [0.1, 0.15) is 5.15 Å². The fraction of sp³-hybridized carbons (Fsp3) is 0.115. The normalized spacial score (nSPS) is 12.8. The van der Waals surface area contributed by atoms with Gasteiger partial charge in [-0.2, -0.15) is 0 Å². The average molecular weight is 461 g/mol. The Kier molecular flexibility index (Phi) is 6.54. The molecular formula is C26H22Cl2N4. The molecule has 0 aliphatic rings. The van der Waals surface area contributed by atoms with Crippen molar-refractivity contribution in [2.24, 2.45) is 12.0 Å². The van der Waals surface area contributed by atoms with Crippen LogP contribution in [0, 0.1) is 0 Å². The van der Waals surface area contributed by atoms with Crippen LogP contribution >= 0.6 is 23.2 Å². The maximum Gasteiger partial charge on any atom is 0.139 e. The molecule has 0 saturated heterocycles. The number of fused-ring (bicyclic) bond motifs is 1. The van der Waals surface area contributed by atoms with Crippen LogP contribution in [0.1, 0.15) is 24.1 Å². The molecule has 1 unspecified atom stereocenters. The van der Waals surface area contributed by atoms with E-state index in [0.717, 1.165) is 33.3 Å². The molecule has 1 atom stereocenters. The predicted octanol–water partition coefficient (Wildman–Crippen LogP) is 7.23. The highest BCUT2D eigenvalue weighted by molar-refractivity contribution is 6.42. The summed E-state index contributed by atoms with van der Waals surface area (Å²) in [6.45, 7) is 6.19. The third-order valence-electron chi connectivity index (χ3n) is 5.30. The van der Waals surface area contributed by atoms with E-state index in [0.29, 0.717) is 15.9 Å². The number of allylic oxidation sites excluding steroid dienone is 3. The predicted molar refractivity (Wildman–Crippen MR) is 135 cm³/mol. The van der Waals surface area contributed by atoms with Gasteiger partial charge in [-0.15, -0.1) is 0 Å². The largest absolute Gasteiger partial charge is 0.337 e. The molecule has 32 heavy (non-hydrogen) atoms. The van der Waals surface area contributed by atoms with Crippen LogP contribution in [0.25, 0.3) is 22.0 Å². The van der Waals surface area contributed by atoms with E-state index in [4.69, 9.17) is 23.2 Å². The van der Waals surface area contributed by atoms with Gasteiger partial charge in [-0.1, -0.05) is 72.3 Å². The van der Waals surface area contributed by atoms with Crippen LogP contribution in [0.5, 0.6) is 0 Å². The van der Waals surface area contributed by atoms with Crippen molar-refractivity contribution in [1.82, 2.24) is 14.5 Å². The summed E-state index contributed by atoms with van der Waals surface area (Å²) in [7, 11) is 1.96. The lowest BCUT2D eigenvalue weighted by molar-refractivity contribution is 0.781. The maximum atomic E-state index is 6.89. The number of nitrogens with zero attached hydrogens (tertiary/aromatic N) is 4. The number of benzene rings is 2. The van der Waals surface area contributed by atoms with E-state index in [1.54, 1.807) is 12.5 Å². The highest BCUT2D eigenvalue weighted by Crippen LogP contribution is 2.40. The van der Waals surface area contributed by atoms with Crippen LogP contribution in [-0.2, 0) is 7.05 Å². The Morgan fingerprint density at radius 1 is 1.16 bits per heavy atom. The molecule has 0 N–H and O–H groups in total. The van der Waals surface area contributed by atoms with Gasteiger partial charge in [0.2, 0.25) is 0 Å². The van der Waals surface area contributed by atoms with E-state index in [9.17, 15) is 0 Å². The minimum atomic E-state index is -0.194. The third-order valence-corrected chi connectivity index (χ3v) is 5.97. The molecule has 2 aromatic heterocycles. The zero-order valence-corrected chi connectivity index (χ0v) is 19.3. The lowest BCUT2D eigenvalue weighted by Crippen LogP contribution is -2.08. The Hall–Kier alpha value is -3.21. The van der Waals surface area contributed by atoms with Crippen molar-refractivity contribution in [2.75, 3.05) is 0 Å².